The summed E-state index contributed by atoms with van der Waals surface area (Å²) in [7, 11) is 1.71. The van der Waals surface area contributed by atoms with Crippen LogP contribution in [-0.4, -0.2) is 24.4 Å². The van der Waals surface area contributed by atoms with Gasteiger partial charge in [0.1, 0.15) is 5.75 Å². The number of aromatic nitrogens is 1. The summed E-state index contributed by atoms with van der Waals surface area (Å²) in [4.78, 5) is 8.34. The van der Waals surface area contributed by atoms with E-state index in [1.165, 1.54) is 27.8 Å². The van der Waals surface area contributed by atoms with Crippen LogP contribution < -0.4 is 4.74 Å². The Morgan fingerprint density at radius 1 is 1.13 bits per heavy atom. The highest BCUT2D eigenvalue weighted by molar-refractivity contribution is 6.07. The van der Waals surface area contributed by atoms with Crippen LogP contribution in [-0.2, 0) is 12.8 Å². The summed E-state index contributed by atoms with van der Waals surface area (Å²) < 4.78 is 5.37. The number of rotatable bonds is 3. The zero-order valence-electron chi connectivity index (χ0n) is 13.5. The number of aryl methyl sites for hydroxylation is 1. The average Bonchev–Trinajstić information content (AvgIpc) is 2.96. The van der Waals surface area contributed by atoms with Gasteiger partial charge in [-0.15, -0.1) is 0 Å². The molecule has 116 valence electrons. The fraction of sp³-hybridized carbons (Fsp3) is 0.250. The Bertz CT molecular complexity index is 888. The number of H-pyrrole nitrogens is 1. The molecule has 1 aromatic heterocycles. The number of benzene rings is 2. The predicted molar refractivity (Wildman–Crippen MR) is 94.8 cm³/mol. The first-order valence-electron chi connectivity index (χ1n) is 8.02. The van der Waals surface area contributed by atoms with Crippen molar-refractivity contribution in [1.29, 1.82) is 0 Å². The lowest BCUT2D eigenvalue weighted by atomic mass is 9.97. The van der Waals surface area contributed by atoms with Crippen LogP contribution in [0.1, 0.15) is 22.4 Å². The van der Waals surface area contributed by atoms with E-state index in [9.17, 15) is 0 Å². The first-order chi connectivity index (χ1) is 11.2. The van der Waals surface area contributed by atoms with E-state index in [1.807, 2.05) is 6.07 Å². The molecule has 1 N–H and O–H groups in total. The molecule has 0 atom stereocenters. The Labute approximate surface area is 136 Å². The van der Waals surface area contributed by atoms with Crippen molar-refractivity contribution >= 4 is 16.6 Å². The first-order valence-corrected chi connectivity index (χ1v) is 8.02. The number of nitrogens with zero attached hydrogens (tertiary/aromatic N) is 1. The SMILES string of the molecule is COc1ccc2[nH]c3c(c2c1)CCN=C3Cc1ccc(C)cc1. The van der Waals surface area contributed by atoms with E-state index in [2.05, 4.69) is 48.3 Å². The van der Waals surface area contributed by atoms with Gasteiger partial charge in [0.05, 0.1) is 18.5 Å². The number of hydrogen-bond donors (Lipinski definition) is 1. The molecule has 23 heavy (non-hydrogen) atoms. The van der Waals surface area contributed by atoms with Gasteiger partial charge >= 0.3 is 0 Å². The summed E-state index contributed by atoms with van der Waals surface area (Å²) in [5.74, 6) is 0.905. The average molecular weight is 304 g/mol. The fourth-order valence-electron chi connectivity index (χ4n) is 3.29. The summed E-state index contributed by atoms with van der Waals surface area (Å²) in [5.41, 5.74) is 7.48. The van der Waals surface area contributed by atoms with E-state index >= 15 is 0 Å². The molecule has 0 saturated carbocycles. The van der Waals surface area contributed by atoms with Gasteiger partial charge < -0.3 is 9.72 Å². The molecule has 0 radical (unpaired) electrons. The van der Waals surface area contributed by atoms with Gasteiger partial charge in [0, 0.05) is 23.9 Å². The van der Waals surface area contributed by atoms with Crippen molar-refractivity contribution in [2.75, 3.05) is 13.7 Å². The molecule has 3 heteroatoms. The highest BCUT2D eigenvalue weighted by Gasteiger charge is 2.20. The molecule has 4 rings (SSSR count). The van der Waals surface area contributed by atoms with Crippen molar-refractivity contribution in [2.24, 2.45) is 4.99 Å². The van der Waals surface area contributed by atoms with Gasteiger partial charge in [-0.05, 0) is 42.7 Å². The highest BCUT2D eigenvalue weighted by atomic mass is 16.5. The molecule has 3 nitrogen and oxygen atoms in total. The molecule has 1 aliphatic heterocycles. The van der Waals surface area contributed by atoms with Crippen molar-refractivity contribution in [3.8, 4) is 5.75 Å². The second-order valence-electron chi connectivity index (χ2n) is 6.13. The standard InChI is InChI=1S/C20H20N2O/c1-13-3-5-14(6-4-13)11-19-20-16(9-10-21-19)17-12-15(23-2)7-8-18(17)22-20/h3-8,12,22H,9-11H2,1-2H3. The summed E-state index contributed by atoms with van der Waals surface area (Å²) in [6.45, 7) is 2.98. The molecule has 1 aliphatic rings. The van der Waals surface area contributed by atoms with Crippen LogP contribution in [0.25, 0.3) is 10.9 Å². The van der Waals surface area contributed by atoms with Crippen LogP contribution in [0.2, 0.25) is 0 Å². The second kappa shape index (κ2) is 5.58. The molecule has 0 saturated heterocycles. The Balaban J connectivity index is 1.74. The molecule has 3 aromatic rings. The molecular weight excluding hydrogens is 284 g/mol. The number of ether oxygens (including phenoxy) is 1. The van der Waals surface area contributed by atoms with E-state index in [-0.39, 0.29) is 0 Å². The molecule has 0 amide bonds. The van der Waals surface area contributed by atoms with E-state index in [0.717, 1.165) is 36.4 Å². The molecule has 0 spiro atoms. The largest absolute Gasteiger partial charge is 0.497 e. The van der Waals surface area contributed by atoms with Gasteiger partial charge in [-0.25, -0.2) is 0 Å². The zero-order chi connectivity index (χ0) is 15.8. The molecule has 2 aromatic carbocycles. The van der Waals surface area contributed by atoms with E-state index in [1.54, 1.807) is 7.11 Å². The number of aromatic amines is 1. The Hall–Kier alpha value is -2.55. The summed E-state index contributed by atoms with van der Waals surface area (Å²) >= 11 is 0. The number of aliphatic imine (C=N–C) groups is 1. The maximum atomic E-state index is 5.37. The van der Waals surface area contributed by atoms with Crippen molar-refractivity contribution in [2.45, 2.75) is 19.8 Å². The van der Waals surface area contributed by atoms with Gasteiger partial charge in [-0.1, -0.05) is 29.8 Å². The van der Waals surface area contributed by atoms with E-state index < -0.39 is 0 Å². The fourth-order valence-corrected chi connectivity index (χ4v) is 3.29. The minimum Gasteiger partial charge on any atom is -0.497 e. The highest BCUT2D eigenvalue weighted by Crippen LogP contribution is 2.30. The van der Waals surface area contributed by atoms with Gasteiger partial charge in [0.25, 0.3) is 0 Å². The lowest BCUT2D eigenvalue weighted by molar-refractivity contribution is 0.415. The van der Waals surface area contributed by atoms with E-state index in [4.69, 9.17) is 9.73 Å². The van der Waals surface area contributed by atoms with Crippen LogP contribution >= 0.6 is 0 Å². The van der Waals surface area contributed by atoms with Crippen molar-refractivity contribution in [3.05, 3.63) is 64.8 Å². The topological polar surface area (TPSA) is 37.4 Å². The monoisotopic (exact) mass is 304 g/mol. The van der Waals surface area contributed by atoms with Crippen molar-refractivity contribution in [3.63, 3.8) is 0 Å². The van der Waals surface area contributed by atoms with Crippen molar-refractivity contribution in [1.82, 2.24) is 4.98 Å². The number of methoxy groups -OCH3 is 1. The molecule has 0 fully saturated rings. The lowest BCUT2D eigenvalue weighted by Gasteiger charge is -2.13. The molecular formula is C20H20N2O. The third-order valence-electron chi connectivity index (χ3n) is 4.56. The predicted octanol–water partition coefficient (Wildman–Crippen LogP) is 4.07. The molecule has 0 unspecified atom stereocenters. The van der Waals surface area contributed by atoms with Crippen LogP contribution in [0, 0.1) is 6.92 Å². The first kappa shape index (κ1) is 14.1. The minimum absolute atomic E-state index is 0.859. The van der Waals surface area contributed by atoms with Gasteiger partial charge in [0.15, 0.2) is 0 Å². The molecule has 2 heterocycles. The van der Waals surface area contributed by atoms with Gasteiger partial charge in [0.2, 0.25) is 0 Å². The number of nitrogens with one attached hydrogen (secondary N) is 1. The number of hydrogen-bond acceptors (Lipinski definition) is 2. The van der Waals surface area contributed by atoms with Gasteiger partial charge in [-0.3, -0.25) is 4.99 Å². The van der Waals surface area contributed by atoms with Crippen LogP contribution in [0.4, 0.5) is 0 Å². The Morgan fingerprint density at radius 3 is 2.74 bits per heavy atom. The third kappa shape index (κ3) is 2.52. The third-order valence-corrected chi connectivity index (χ3v) is 4.56. The number of fused-ring (bicyclic) bond motifs is 3. The maximum absolute atomic E-state index is 5.37. The Kier molecular flexibility index (Phi) is 3.41. The zero-order valence-corrected chi connectivity index (χ0v) is 13.5. The van der Waals surface area contributed by atoms with Crippen molar-refractivity contribution < 1.29 is 4.74 Å². The lowest BCUT2D eigenvalue weighted by Crippen LogP contribution is -2.14. The van der Waals surface area contributed by atoms with Crippen LogP contribution in [0.15, 0.2) is 47.5 Å². The quantitative estimate of drug-likeness (QED) is 0.778. The molecule has 0 bridgehead atoms. The normalized spacial score (nSPS) is 13.7. The second-order valence-corrected chi connectivity index (χ2v) is 6.13. The van der Waals surface area contributed by atoms with E-state index in [0.29, 0.717) is 0 Å². The minimum atomic E-state index is 0.859. The van der Waals surface area contributed by atoms with Gasteiger partial charge in [-0.2, -0.15) is 0 Å². The smallest absolute Gasteiger partial charge is 0.119 e. The van der Waals surface area contributed by atoms with Crippen LogP contribution in [0.3, 0.4) is 0 Å². The molecule has 0 aliphatic carbocycles. The summed E-state index contributed by atoms with van der Waals surface area (Å²) in [6.07, 6.45) is 1.86. The van der Waals surface area contributed by atoms with Crippen LogP contribution in [0.5, 0.6) is 5.75 Å². The summed E-state index contributed by atoms with van der Waals surface area (Å²) in [5, 5.41) is 1.26. The Morgan fingerprint density at radius 2 is 1.96 bits per heavy atom. The maximum Gasteiger partial charge on any atom is 0.119 e. The summed E-state index contributed by atoms with van der Waals surface area (Å²) in [6, 6.07) is 14.9.